The summed E-state index contributed by atoms with van der Waals surface area (Å²) < 4.78 is 14.6. The predicted molar refractivity (Wildman–Crippen MR) is 107 cm³/mol. The fourth-order valence-electron chi connectivity index (χ4n) is 2.98. The average molecular weight is 387 g/mol. The van der Waals surface area contributed by atoms with Gasteiger partial charge in [-0.15, -0.1) is 0 Å². The Labute approximate surface area is 167 Å². The molecular weight excluding hydrogens is 369 g/mol. The number of carbonyl (C=O) groups excluding carboxylic acids is 1. The van der Waals surface area contributed by atoms with Crippen LogP contribution < -0.4 is 5.32 Å². The molecule has 3 heterocycles. The average Bonchev–Trinajstić information content (AvgIpc) is 3.15. The van der Waals surface area contributed by atoms with Crippen LogP contribution in [0, 0.1) is 5.82 Å². The lowest BCUT2D eigenvalue weighted by molar-refractivity contribution is 0.0941. The molecule has 29 heavy (non-hydrogen) atoms. The zero-order chi connectivity index (χ0) is 20.2. The van der Waals surface area contributed by atoms with Crippen LogP contribution in [0.1, 0.15) is 16.1 Å². The molecule has 0 atom stereocenters. The van der Waals surface area contributed by atoms with E-state index >= 15 is 0 Å². The molecule has 6 nitrogen and oxygen atoms in total. The van der Waals surface area contributed by atoms with E-state index in [4.69, 9.17) is 0 Å². The number of rotatable bonds is 5. The van der Waals surface area contributed by atoms with Gasteiger partial charge in [-0.25, -0.2) is 4.39 Å². The highest BCUT2D eigenvalue weighted by Crippen LogP contribution is 2.20. The smallest absolute Gasteiger partial charge is 0.269 e. The maximum atomic E-state index is 13.1. The summed E-state index contributed by atoms with van der Waals surface area (Å²) in [7, 11) is 1.70. The highest BCUT2D eigenvalue weighted by molar-refractivity contribution is 5.93. The van der Waals surface area contributed by atoms with Crippen LogP contribution in [0.25, 0.3) is 22.5 Å². The second-order valence-corrected chi connectivity index (χ2v) is 6.51. The Hall–Kier alpha value is -3.87. The second kappa shape index (κ2) is 8.02. The number of hydrogen-bond donors (Lipinski definition) is 1. The first-order valence-corrected chi connectivity index (χ1v) is 9.03. The van der Waals surface area contributed by atoms with Crippen LogP contribution in [0.4, 0.5) is 4.39 Å². The number of carbonyl (C=O) groups is 1. The van der Waals surface area contributed by atoms with E-state index in [0.717, 1.165) is 22.4 Å². The molecule has 0 aliphatic rings. The Morgan fingerprint density at radius 1 is 0.966 bits per heavy atom. The van der Waals surface area contributed by atoms with Gasteiger partial charge in [0.2, 0.25) is 0 Å². The summed E-state index contributed by atoms with van der Waals surface area (Å²) in [6, 6.07) is 15.3. The van der Waals surface area contributed by atoms with E-state index in [9.17, 15) is 9.18 Å². The maximum absolute atomic E-state index is 13.1. The van der Waals surface area contributed by atoms with Gasteiger partial charge < -0.3 is 5.32 Å². The van der Waals surface area contributed by atoms with Crippen LogP contribution in [0.2, 0.25) is 0 Å². The normalized spacial score (nSPS) is 10.7. The van der Waals surface area contributed by atoms with Crippen LogP contribution in [0.5, 0.6) is 0 Å². The quantitative estimate of drug-likeness (QED) is 0.568. The van der Waals surface area contributed by atoms with Crippen molar-refractivity contribution in [2.75, 3.05) is 0 Å². The van der Waals surface area contributed by atoms with Crippen LogP contribution in [0.3, 0.4) is 0 Å². The molecule has 4 aromatic rings. The first-order chi connectivity index (χ1) is 14.1. The summed E-state index contributed by atoms with van der Waals surface area (Å²) in [5.41, 5.74) is 4.49. The predicted octanol–water partition coefficient (Wildman–Crippen LogP) is 3.61. The van der Waals surface area contributed by atoms with Crippen molar-refractivity contribution in [3.8, 4) is 22.5 Å². The molecule has 0 spiro atoms. The number of nitrogens with zero attached hydrogens (tertiary/aromatic N) is 4. The van der Waals surface area contributed by atoms with Gasteiger partial charge in [0.1, 0.15) is 11.5 Å². The fourth-order valence-corrected chi connectivity index (χ4v) is 2.98. The highest BCUT2D eigenvalue weighted by Gasteiger charge is 2.14. The highest BCUT2D eigenvalue weighted by atomic mass is 19.1. The monoisotopic (exact) mass is 387 g/mol. The molecule has 0 radical (unpaired) electrons. The molecule has 3 aromatic heterocycles. The number of hydrogen-bond acceptors (Lipinski definition) is 4. The zero-order valence-corrected chi connectivity index (χ0v) is 15.7. The third-order valence-corrected chi connectivity index (χ3v) is 4.51. The fraction of sp³-hybridized carbons (Fsp3) is 0.0909. The van der Waals surface area contributed by atoms with Crippen LogP contribution in [0.15, 0.2) is 73.2 Å². The number of nitrogens with one attached hydrogen (secondary N) is 1. The van der Waals surface area contributed by atoms with Crippen molar-refractivity contribution in [2.45, 2.75) is 6.54 Å². The van der Waals surface area contributed by atoms with E-state index in [1.807, 2.05) is 24.3 Å². The molecule has 7 heteroatoms. The Kier molecular flexibility index (Phi) is 5.11. The van der Waals surface area contributed by atoms with Crippen LogP contribution in [-0.2, 0) is 13.6 Å². The maximum Gasteiger partial charge on any atom is 0.269 e. The minimum Gasteiger partial charge on any atom is -0.347 e. The van der Waals surface area contributed by atoms with E-state index in [0.29, 0.717) is 17.9 Å². The van der Waals surface area contributed by atoms with Crippen molar-refractivity contribution < 1.29 is 9.18 Å². The third kappa shape index (κ3) is 4.19. The molecule has 0 bridgehead atoms. The van der Waals surface area contributed by atoms with Gasteiger partial charge in [0.05, 0.1) is 11.4 Å². The Morgan fingerprint density at radius 3 is 2.45 bits per heavy atom. The molecule has 1 aromatic carbocycles. The van der Waals surface area contributed by atoms with Gasteiger partial charge in [0, 0.05) is 43.3 Å². The van der Waals surface area contributed by atoms with Gasteiger partial charge >= 0.3 is 0 Å². The molecule has 0 saturated heterocycles. The van der Waals surface area contributed by atoms with Crippen molar-refractivity contribution in [2.24, 2.45) is 7.05 Å². The van der Waals surface area contributed by atoms with E-state index in [1.54, 1.807) is 43.8 Å². The minimum atomic E-state index is -0.314. The molecule has 0 aliphatic carbocycles. The van der Waals surface area contributed by atoms with Crippen molar-refractivity contribution in [1.29, 1.82) is 0 Å². The van der Waals surface area contributed by atoms with Crippen molar-refractivity contribution in [1.82, 2.24) is 25.1 Å². The van der Waals surface area contributed by atoms with Gasteiger partial charge in [-0.1, -0.05) is 0 Å². The molecular formula is C22H18FN5O. The largest absolute Gasteiger partial charge is 0.347 e. The van der Waals surface area contributed by atoms with E-state index < -0.39 is 0 Å². The number of aromatic nitrogens is 4. The van der Waals surface area contributed by atoms with Crippen molar-refractivity contribution in [3.63, 3.8) is 0 Å². The van der Waals surface area contributed by atoms with Crippen LogP contribution in [-0.4, -0.2) is 25.7 Å². The first kappa shape index (κ1) is 18.5. The zero-order valence-electron chi connectivity index (χ0n) is 15.7. The van der Waals surface area contributed by atoms with E-state index in [-0.39, 0.29) is 11.7 Å². The summed E-state index contributed by atoms with van der Waals surface area (Å²) in [6.07, 6.45) is 5.15. The number of pyridine rings is 2. The van der Waals surface area contributed by atoms with Gasteiger partial charge in [-0.2, -0.15) is 5.10 Å². The van der Waals surface area contributed by atoms with E-state index in [2.05, 4.69) is 20.4 Å². The summed E-state index contributed by atoms with van der Waals surface area (Å²) >= 11 is 0. The lowest BCUT2D eigenvalue weighted by Crippen LogP contribution is -2.25. The lowest BCUT2D eigenvalue weighted by Gasteiger charge is -2.07. The standard InChI is InChI=1S/C22H18FN5O/c1-28-21(13-20(27-28)16-2-4-18(23)5-3-16)22(29)26-14-15-6-11-25-19(12-15)17-7-9-24-10-8-17/h2-13H,14H2,1H3,(H,26,29). The first-order valence-electron chi connectivity index (χ1n) is 9.03. The molecule has 1 amide bonds. The number of amides is 1. The SMILES string of the molecule is Cn1nc(-c2ccc(F)cc2)cc1C(=O)NCc1ccnc(-c2ccncc2)c1. The third-order valence-electron chi connectivity index (χ3n) is 4.51. The Balaban J connectivity index is 1.47. The lowest BCUT2D eigenvalue weighted by atomic mass is 10.1. The molecule has 0 aliphatic heterocycles. The molecule has 0 saturated carbocycles. The summed E-state index contributed by atoms with van der Waals surface area (Å²) in [4.78, 5) is 21.0. The second-order valence-electron chi connectivity index (χ2n) is 6.51. The van der Waals surface area contributed by atoms with Crippen molar-refractivity contribution in [3.05, 3.63) is 90.3 Å². The Bertz CT molecular complexity index is 1140. The molecule has 4 rings (SSSR count). The minimum absolute atomic E-state index is 0.240. The van der Waals surface area contributed by atoms with Gasteiger partial charge in [0.25, 0.3) is 5.91 Å². The molecule has 0 unspecified atom stereocenters. The number of benzene rings is 1. The topological polar surface area (TPSA) is 72.7 Å². The van der Waals surface area contributed by atoms with Gasteiger partial charge in [0.15, 0.2) is 0 Å². The number of aryl methyl sites for hydroxylation is 1. The number of halogens is 1. The van der Waals surface area contributed by atoms with Gasteiger partial charge in [-0.05, 0) is 60.2 Å². The molecule has 1 N–H and O–H groups in total. The summed E-state index contributed by atoms with van der Waals surface area (Å²) in [5, 5.41) is 7.27. The molecule has 144 valence electrons. The summed E-state index contributed by atoms with van der Waals surface area (Å²) in [5.74, 6) is -0.554. The Morgan fingerprint density at radius 2 is 1.69 bits per heavy atom. The van der Waals surface area contributed by atoms with Gasteiger partial charge in [-0.3, -0.25) is 19.4 Å². The molecule has 0 fully saturated rings. The van der Waals surface area contributed by atoms with Crippen LogP contribution >= 0.6 is 0 Å². The van der Waals surface area contributed by atoms with Crippen molar-refractivity contribution >= 4 is 5.91 Å². The van der Waals surface area contributed by atoms with E-state index in [1.165, 1.54) is 16.8 Å². The summed E-state index contributed by atoms with van der Waals surface area (Å²) in [6.45, 7) is 0.358.